The van der Waals surface area contributed by atoms with Crippen LogP contribution in [-0.2, 0) is 15.5 Å². The molecule has 2 rings (SSSR count). The Hall–Kier alpha value is 0.0700. The van der Waals surface area contributed by atoms with Crippen LogP contribution in [0.25, 0.3) is 0 Å². The van der Waals surface area contributed by atoms with Crippen LogP contribution in [0.1, 0.15) is 19.3 Å². The van der Waals surface area contributed by atoms with Crippen LogP contribution in [0.3, 0.4) is 0 Å². The van der Waals surface area contributed by atoms with Crippen molar-refractivity contribution in [1.82, 2.24) is 5.32 Å². The fourth-order valence-electron chi connectivity index (χ4n) is 2.08. The van der Waals surface area contributed by atoms with E-state index in [1.54, 1.807) is 0 Å². The minimum Gasteiger partial charge on any atom is -0.381 e. The molecule has 3 nitrogen and oxygen atoms in total. The lowest BCUT2D eigenvalue weighted by Crippen LogP contribution is -2.38. The maximum absolute atomic E-state index is 11.1. The standard InChI is InChI=1S/C10H19NO2S/c12-14-5-2-10(3-6-14)11-7-9-1-4-13-8-9/h9-11H,1-8H2. The van der Waals surface area contributed by atoms with Gasteiger partial charge < -0.3 is 10.1 Å². The minimum atomic E-state index is -0.531. The predicted octanol–water partition coefficient (Wildman–Crippen LogP) is 0.524. The van der Waals surface area contributed by atoms with Crippen LogP contribution in [0, 0.1) is 5.92 Å². The van der Waals surface area contributed by atoms with E-state index in [0.717, 1.165) is 44.1 Å². The molecule has 0 aliphatic carbocycles. The van der Waals surface area contributed by atoms with Gasteiger partial charge in [0.05, 0.1) is 6.61 Å². The lowest BCUT2D eigenvalue weighted by Gasteiger charge is -2.23. The molecule has 2 aliphatic heterocycles. The third-order valence-corrected chi connectivity index (χ3v) is 4.49. The molecule has 4 heteroatoms. The smallest absolute Gasteiger partial charge is 0.0507 e. The Labute approximate surface area is 88.0 Å². The van der Waals surface area contributed by atoms with Gasteiger partial charge in [0.25, 0.3) is 0 Å². The summed E-state index contributed by atoms with van der Waals surface area (Å²) in [4.78, 5) is 0. The number of nitrogens with one attached hydrogen (secondary N) is 1. The zero-order valence-electron chi connectivity index (χ0n) is 8.54. The number of ether oxygens (including phenoxy) is 1. The molecule has 0 spiro atoms. The van der Waals surface area contributed by atoms with Crippen molar-refractivity contribution in [2.24, 2.45) is 5.92 Å². The van der Waals surface area contributed by atoms with Crippen LogP contribution in [0.5, 0.6) is 0 Å². The Kier molecular flexibility index (Phi) is 3.96. The number of hydrogen-bond acceptors (Lipinski definition) is 3. The second-order valence-electron chi connectivity index (χ2n) is 4.26. The quantitative estimate of drug-likeness (QED) is 0.749. The summed E-state index contributed by atoms with van der Waals surface area (Å²) in [7, 11) is -0.531. The fourth-order valence-corrected chi connectivity index (χ4v) is 3.37. The first-order valence-electron chi connectivity index (χ1n) is 5.50. The third-order valence-electron chi connectivity index (χ3n) is 3.11. The summed E-state index contributed by atoms with van der Waals surface area (Å²) in [6.45, 7) is 2.93. The van der Waals surface area contributed by atoms with Gasteiger partial charge in [0.2, 0.25) is 0 Å². The average Bonchev–Trinajstić information content (AvgIpc) is 2.70. The van der Waals surface area contributed by atoms with E-state index in [0.29, 0.717) is 12.0 Å². The maximum Gasteiger partial charge on any atom is 0.0507 e. The fraction of sp³-hybridized carbons (Fsp3) is 1.00. The van der Waals surface area contributed by atoms with Gasteiger partial charge in [0, 0.05) is 41.5 Å². The van der Waals surface area contributed by atoms with Crippen molar-refractivity contribution in [2.45, 2.75) is 25.3 Å². The normalized spacial score (nSPS) is 38.7. The van der Waals surface area contributed by atoms with Crippen LogP contribution in [-0.4, -0.2) is 41.5 Å². The Morgan fingerprint density at radius 2 is 2.07 bits per heavy atom. The van der Waals surface area contributed by atoms with E-state index in [1.807, 2.05) is 0 Å². The van der Waals surface area contributed by atoms with Gasteiger partial charge in [-0.1, -0.05) is 0 Å². The van der Waals surface area contributed by atoms with Crippen LogP contribution in [0.15, 0.2) is 0 Å². The van der Waals surface area contributed by atoms with Crippen LogP contribution in [0.2, 0.25) is 0 Å². The molecule has 0 aromatic carbocycles. The van der Waals surface area contributed by atoms with Gasteiger partial charge in [-0.05, 0) is 25.2 Å². The van der Waals surface area contributed by atoms with E-state index < -0.39 is 10.8 Å². The topological polar surface area (TPSA) is 38.3 Å². The van der Waals surface area contributed by atoms with E-state index in [9.17, 15) is 4.21 Å². The van der Waals surface area contributed by atoms with Gasteiger partial charge in [0.15, 0.2) is 0 Å². The van der Waals surface area contributed by atoms with E-state index >= 15 is 0 Å². The van der Waals surface area contributed by atoms with Gasteiger partial charge in [-0.3, -0.25) is 4.21 Å². The summed E-state index contributed by atoms with van der Waals surface area (Å²) in [5, 5.41) is 3.57. The van der Waals surface area contributed by atoms with E-state index in [2.05, 4.69) is 5.32 Å². The second-order valence-corrected chi connectivity index (χ2v) is 5.96. The van der Waals surface area contributed by atoms with Gasteiger partial charge in [-0.2, -0.15) is 0 Å². The lowest BCUT2D eigenvalue weighted by molar-refractivity contribution is 0.184. The highest BCUT2D eigenvalue weighted by atomic mass is 32.2. The Balaban J connectivity index is 1.63. The van der Waals surface area contributed by atoms with E-state index in [-0.39, 0.29) is 0 Å². The van der Waals surface area contributed by atoms with Crippen molar-refractivity contribution in [3.63, 3.8) is 0 Å². The Morgan fingerprint density at radius 1 is 1.29 bits per heavy atom. The van der Waals surface area contributed by atoms with Gasteiger partial charge in [0.1, 0.15) is 0 Å². The SMILES string of the molecule is O=S1CCC(NCC2CCOC2)CC1. The van der Waals surface area contributed by atoms with Crippen molar-refractivity contribution < 1.29 is 8.95 Å². The molecule has 2 aliphatic rings. The Morgan fingerprint density at radius 3 is 2.71 bits per heavy atom. The molecule has 0 saturated carbocycles. The van der Waals surface area contributed by atoms with E-state index in [4.69, 9.17) is 4.74 Å². The van der Waals surface area contributed by atoms with Crippen molar-refractivity contribution in [2.75, 3.05) is 31.3 Å². The molecule has 0 aromatic rings. The van der Waals surface area contributed by atoms with Crippen molar-refractivity contribution in [3.8, 4) is 0 Å². The van der Waals surface area contributed by atoms with Gasteiger partial charge in [-0.25, -0.2) is 0 Å². The van der Waals surface area contributed by atoms with Crippen molar-refractivity contribution >= 4 is 10.8 Å². The highest BCUT2D eigenvalue weighted by molar-refractivity contribution is 7.85. The van der Waals surface area contributed by atoms with Crippen molar-refractivity contribution in [3.05, 3.63) is 0 Å². The Bertz CT molecular complexity index is 194. The molecule has 14 heavy (non-hydrogen) atoms. The number of hydrogen-bond donors (Lipinski definition) is 1. The van der Waals surface area contributed by atoms with E-state index in [1.165, 1.54) is 6.42 Å². The molecule has 0 radical (unpaired) electrons. The maximum atomic E-state index is 11.1. The summed E-state index contributed by atoms with van der Waals surface area (Å²) in [5.41, 5.74) is 0. The second kappa shape index (κ2) is 5.24. The lowest BCUT2D eigenvalue weighted by atomic mass is 10.1. The summed E-state index contributed by atoms with van der Waals surface area (Å²) >= 11 is 0. The van der Waals surface area contributed by atoms with Crippen LogP contribution >= 0.6 is 0 Å². The molecule has 1 N–H and O–H groups in total. The zero-order valence-corrected chi connectivity index (χ0v) is 9.35. The molecule has 1 unspecified atom stereocenters. The van der Waals surface area contributed by atoms with Crippen LogP contribution in [0.4, 0.5) is 0 Å². The van der Waals surface area contributed by atoms with Crippen molar-refractivity contribution in [1.29, 1.82) is 0 Å². The first-order valence-corrected chi connectivity index (χ1v) is 6.99. The summed E-state index contributed by atoms with van der Waals surface area (Å²) in [6.07, 6.45) is 3.37. The molecule has 2 saturated heterocycles. The first-order chi connectivity index (χ1) is 6.84. The molecule has 2 fully saturated rings. The molecular weight excluding hydrogens is 198 g/mol. The zero-order chi connectivity index (χ0) is 9.80. The van der Waals surface area contributed by atoms with Gasteiger partial charge >= 0.3 is 0 Å². The molecule has 82 valence electrons. The molecule has 2 heterocycles. The first kappa shape index (κ1) is 10.6. The molecular formula is C10H19NO2S. The molecule has 0 aromatic heterocycles. The average molecular weight is 217 g/mol. The molecule has 1 atom stereocenters. The predicted molar refractivity (Wildman–Crippen MR) is 57.8 cm³/mol. The summed E-state index contributed by atoms with van der Waals surface area (Å²) in [5.74, 6) is 2.49. The molecule has 0 amide bonds. The van der Waals surface area contributed by atoms with Crippen LogP contribution < -0.4 is 5.32 Å². The largest absolute Gasteiger partial charge is 0.381 e. The third kappa shape index (κ3) is 3.04. The monoisotopic (exact) mass is 217 g/mol. The van der Waals surface area contributed by atoms with Gasteiger partial charge in [-0.15, -0.1) is 0 Å². The summed E-state index contributed by atoms with van der Waals surface area (Å²) in [6, 6.07) is 0.605. The summed E-state index contributed by atoms with van der Waals surface area (Å²) < 4.78 is 16.5. The minimum absolute atomic E-state index is 0.531. The highest BCUT2D eigenvalue weighted by Crippen LogP contribution is 2.13. The highest BCUT2D eigenvalue weighted by Gasteiger charge is 2.20. The molecule has 0 bridgehead atoms. The number of rotatable bonds is 3.